The average Bonchev–Trinajstić information content (AvgIpc) is 3.76. The number of ether oxygens (including phenoxy) is 8. The molecular formula is C46H76O19. The van der Waals surface area contributed by atoms with E-state index in [2.05, 4.69) is 26.8 Å². The molecule has 26 atom stereocenters. The number of fused-ring (bicyclic) bond motifs is 7. The van der Waals surface area contributed by atoms with Gasteiger partial charge in [-0.3, -0.25) is 0 Å². The summed E-state index contributed by atoms with van der Waals surface area (Å²) in [7, 11) is 1.73. The summed E-state index contributed by atoms with van der Waals surface area (Å²) in [5.41, 5.74) is 1.36. The molecule has 0 unspecified atom stereocenters. The highest BCUT2D eigenvalue weighted by molar-refractivity contribution is 5.26. The van der Waals surface area contributed by atoms with Gasteiger partial charge in [0.1, 0.15) is 73.2 Å². The minimum absolute atomic E-state index is 0.0262. The summed E-state index contributed by atoms with van der Waals surface area (Å²) >= 11 is 0. The zero-order valence-electron chi connectivity index (χ0n) is 38.2. The largest absolute Gasteiger partial charge is 0.394 e. The number of hydrogen-bond donors (Lipinski definition) is 11. The lowest BCUT2D eigenvalue weighted by Crippen LogP contribution is -2.65. The van der Waals surface area contributed by atoms with E-state index >= 15 is 0 Å². The predicted octanol–water partition coefficient (Wildman–Crippen LogP) is -1.20. The van der Waals surface area contributed by atoms with Crippen LogP contribution in [0.15, 0.2) is 11.6 Å². The molecule has 19 nitrogen and oxygen atoms in total. The normalized spacial score (nSPS) is 53.7. The van der Waals surface area contributed by atoms with Gasteiger partial charge < -0.3 is 94.1 Å². The van der Waals surface area contributed by atoms with Crippen molar-refractivity contribution >= 4 is 0 Å². The Morgan fingerprint density at radius 1 is 0.723 bits per heavy atom. The zero-order chi connectivity index (χ0) is 46.9. The minimum atomic E-state index is -1.75. The molecule has 4 aliphatic carbocycles. The van der Waals surface area contributed by atoms with E-state index < -0.39 is 118 Å². The number of allylic oxidation sites excluding steroid dienone is 1. The number of aliphatic hydroxyl groups is 11. The van der Waals surface area contributed by atoms with Crippen molar-refractivity contribution in [2.45, 2.75) is 196 Å². The van der Waals surface area contributed by atoms with Gasteiger partial charge in [0.05, 0.1) is 38.6 Å². The first kappa shape index (κ1) is 50.4. The second kappa shape index (κ2) is 19.6. The van der Waals surface area contributed by atoms with Gasteiger partial charge in [-0.25, -0.2) is 0 Å². The Morgan fingerprint density at radius 3 is 1.97 bits per heavy atom. The zero-order valence-corrected chi connectivity index (χ0v) is 38.2. The molecule has 0 spiro atoms. The summed E-state index contributed by atoms with van der Waals surface area (Å²) in [5.74, 6) is 1.16. The summed E-state index contributed by atoms with van der Waals surface area (Å²) in [6.45, 7) is 7.56. The van der Waals surface area contributed by atoms with E-state index in [1.54, 1.807) is 7.11 Å². The monoisotopic (exact) mass is 932 g/mol. The van der Waals surface area contributed by atoms with Crippen LogP contribution in [-0.4, -0.2) is 200 Å². The molecule has 4 aliphatic heterocycles. The van der Waals surface area contributed by atoms with Crippen LogP contribution in [-0.2, 0) is 37.9 Å². The summed E-state index contributed by atoms with van der Waals surface area (Å²) in [6.07, 6.45) is -11.9. The molecule has 4 saturated heterocycles. The highest BCUT2D eigenvalue weighted by Gasteiger charge is 2.68. The van der Waals surface area contributed by atoms with Gasteiger partial charge in [-0.05, 0) is 91.8 Å². The molecule has 0 aromatic rings. The van der Waals surface area contributed by atoms with E-state index in [9.17, 15) is 56.2 Å². The maximum Gasteiger partial charge on any atom is 0.187 e. The Balaban J connectivity index is 0.863. The SMILES string of the molecule is CO[C@]1(CC[C@H](C)CO[C@H]2O[C@@H](CO)[C@H](O)[C@@H](O)[C@@H]2O)O[C@H]2C[C@H]3[C@@H]4CC=C5C[C@H](O[C@H]6O[C@@H](CO)[C@H](O[C@H]7O[C@@H](CO)[C@H](O)[C@@H](O)[C@@H]7O)[C@@H](O)[C@@H]6O)CC[C@@]5(C)[C@H]4CC[C@@]3(C)[C@H]2[C@@H]1C. The van der Waals surface area contributed by atoms with Crippen LogP contribution in [0.4, 0.5) is 0 Å². The molecule has 4 heterocycles. The molecule has 65 heavy (non-hydrogen) atoms. The maximum absolute atomic E-state index is 11.2. The van der Waals surface area contributed by atoms with Gasteiger partial charge >= 0.3 is 0 Å². The molecule has 7 fully saturated rings. The van der Waals surface area contributed by atoms with Crippen molar-refractivity contribution in [1.29, 1.82) is 0 Å². The van der Waals surface area contributed by atoms with Gasteiger partial charge in [-0.1, -0.05) is 39.3 Å². The molecule has 374 valence electrons. The Morgan fingerprint density at radius 2 is 1.32 bits per heavy atom. The number of methoxy groups -OCH3 is 1. The van der Waals surface area contributed by atoms with Crippen LogP contribution in [0.25, 0.3) is 0 Å². The van der Waals surface area contributed by atoms with Crippen LogP contribution >= 0.6 is 0 Å². The van der Waals surface area contributed by atoms with Crippen LogP contribution in [0.2, 0.25) is 0 Å². The van der Waals surface area contributed by atoms with E-state index in [0.29, 0.717) is 49.4 Å². The third kappa shape index (κ3) is 8.82. The lowest BCUT2D eigenvalue weighted by molar-refractivity contribution is -0.363. The topological polar surface area (TPSA) is 296 Å². The van der Waals surface area contributed by atoms with Crippen LogP contribution in [0.3, 0.4) is 0 Å². The highest BCUT2D eigenvalue weighted by Crippen LogP contribution is 2.70. The Kier molecular flexibility index (Phi) is 15.2. The third-order valence-corrected chi connectivity index (χ3v) is 17.7. The number of hydrogen-bond acceptors (Lipinski definition) is 19. The van der Waals surface area contributed by atoms with Gasteiger partial charge in [0.15, 0.2) is 24.7 Å². The van der Waals surface area contributed by atoms with Crippen molar-refractivity contribution in [2.75, 3.05) is 33.5 Å². The van der Waals surface area contributed by atoms with Crippen molar-refractivity contribution in [3.8, 4) is 0 Å². The van der Waals surface area contributed by atoms with Crippen molar-refractivity contribution in [3.05, 3.63) is 11.6 Å². The van der Waals surface area contributed by atoms with Crippen molar-refractivity contribution < 1.29 is 94.1 Å². The number of aliphatic hydroxyl groups excluding tert-OH is 11. The van der Waals surface area contributed by atoms with E-state index in [0.717, 1.165) is 32.1 Å². The Bertz CT molecular complexity index is 1640. The second-order valence-electron chi connectivity index (χ2n) is 21.2. The second-order valence-corrected chi connectivity index (χ2v) is 21.2. The summed E-state index contributed by atoms with van der Waals surface area (Å²) in [4.78, 5) is 0. The van der Waals surface area contributed by atoms with Crippen molar-refractivity contribution in [2.24, 2.45) is 46.3 Å². The van der Waals surface area contributed by atoms with E-state index in [4.69, 9.17) is 37.9 Å². The van der Waals surface area contributed by atoms with Gasteiger partial charge in [0.25, 0.3) is 0 Å². The quantitative estimate of drug-likeness (QED) is 0.0912. The molecule has 19 heteroatoms. The van der Waals surface area contributed by atoms with Crippen LogP contribution in [0.5, 0.6) is 0 Å². The Hall–Kier alpha value is -1.02. The average molecular weight is 933 g/mol. The molecule has 11 N–H and O–H groups in total. The van der Waals surface area contributed by atoms with Gasteiger partial charge in [0.2, 0.25) is 0 Å². The van der Waals surface area contributed by atoms with Gasteiger partial charge in [0, 0.05) is 19.4 Å². The molecule has 0 bridgehead atoms. The molecule has 0 amide bonds. The molecule has 3 saturated carbocycles. The fraction of sp³-hybridized carbons (Fsp3) is 0.957. The van der Waals surface area contributed by atoms with E-state index in [1.807, 2.05) is 6.92 Å². The van der Waals surface area contributed by atoms with E-state index in [-0.39, 0.29) is 41.5 Å². The highest BCUT2D eigenvalue weighted by atomic mass is 16.7. The molecule has 0 aromatic heterocycles. The molecule has 0 aromatic carbocycles. The fourth-order valence-corrected chi connectivity index (χ4v) is 13.9. The van der Waals surface area contributed by atoms with Gasteiger partial charge in [-0.2, -0.15) is 0 Å². The van der Waals surface area contributed by atoms with Gasteiger partial charge in [-0.15, -0.1) is 0 Å². The fourth-order valence-electron chi connectivity index (χ4n) is 13.9. The standard InChI is InChI=1S/C46H76O19/c1-20(19-59-41-37(55)34(52)32(50)28(16-47)61-41)8-13-46(58-5)21(2)31-27(65-46)15-26-24-7-6-22-14-23(9-11-44(22,3)25(24)10-12-45(26,31)4)60-42-39(57)36(54)40(30(18-49)63-42)64-43-38(56)35(53)33(51)29(17-48)62-43/h6,20-21,23-43,47-57H,7-19H2,1-5H3/t20-,21-,23+,24+,25-,26-,27-,28-,29-,30-,31-,32-,33-,34+,35+,36-,37-,38-,39-,40-,41-,42-,43+,44+,45+,46+/m0/s1. The lowest BCUT2D eigenvalue weighted by atomic mass is 9.47. The number of rotatable bonds is 14. The van der Waals surface area contributed by atoms with Crippen LogP contribution < -0.4 is 0 Å². The summed E-state index contributed by atoms with van der Waals surface area (Å²) in [5, 5.41) is 113. The molecule has 0 radical (unpaired) electrons. The third-order valence-electron chi connectivity index (χ3n) is 17.7. The molecule has 8 rings (SSSR count). The smallest absolute Gasteiger partial charge is 0.187 e. The van der Waals surface area contributed by atoms with Crippen molar-refractivity contribution in [1.82, 2.24) is 0 Å². The van der Waals surface area contributed by atoms with Crippen LogP contribution in [0, 0.1) is 46.3 Å². The summed E-state index contributed by atoms with van der Waals surface area (Å²) < 4.78 is 48.2. The maximum atomic E-state index is 11.2. The van der Waals surface area contributed by atoms with E-state index in [1.165, 1.54) is 5.57 Å². The summed E-state index contributed by atoms with van der Waals surface area (Å²) in [6, 6.07) is 0. The minimum Gasteiger partial charge on any atom is -0.394 e. The predicted molar refractivity (Wildman–Crippen MR) is 224 cm³/mol. The Labute approximate surface area is 380 Å². The van der Waals surface area contributed by atoms with Crippen LogP contribution in [0.1, 0.15) is 85.5 Å². The lowest BCUT2D eigenvalue weighted by Gasteiger charge is -2.58. The molecular weight excluding hydrogens is 856 g/mol. The molecule has 8 aliphatic rings. The first-order valence-electron chi connectivity index (χ1n) is 23.9. The first-order valence-corrected chi connectivity index (χ1v) is 23.9. The first-order chi connectivity index (χ1) is 30.9. The van der Waals surface area contributed by atoms with Crippen molar-refractivity contribution in [3.63, 3.8) is 0 Å².